The van der Waals surface area contributed by atoms with Crippen LogP contribution in [0.2, 0.25) is 0 Å². The molecule has 0 bridgehead atoms. The number of carbonyl (C=O) groups excluding carboxylic acids is 1. The summed E-state index contributed by atoms with van der Waals surface area (Å²) in [6.45, 7) is 1.75. The van der Waals surface area contributed by atoms with Crippen molar-refractivity contribution in [1.82, 2.24) is 0 Å². The fourth-order valence-electron chi connectivity index (χ4n) is 1.47. The Labute approximate surface area is 103 Å². The summed E-state index contributed by atoms with van der Waals surface area (Å²) in [5.41, 5.74) is 1.03. The minimum Gasteiger partial charge on any atom is -0.481 e. The Morgan fingerprint density at radius 1 is 1.28 bits per heavy atom. The van der Waals surface area contributed by atoms with Crippen molar-refractivity contribution in [2.75, 3.05) is 5.32 Å². The van der Waals surface area contributed by atoms with E-state index in [0.29, 0.717) is 0 Å². The van der Waals surface area contributed by atoms with Crippen molar-refractivity contribution in [3.8, 4) is 0 Å². The van der Waals surface area contributed by atoms with Crippen LogP contribution in [0.3, 0.4) is 0 Å². The molecule has 1 unspecified atom stereocenters. The number of alkyl halides is 2. The van der Waals surface area contributed by atoms with E-state index in [9.17, 15) is 18.4 Å². The van der Waals surface area contributed by atoms with Gasteiger partial charge in [-0.05, 0) is 23.6 Å². The summed E-state index contributed by atoms with van der Waals surface area (Å²) in [6, 6.07) is 6.14. The van der Waals surface area contributed by atoms with E-state index < -0.39 is 18.3 Å². The summed E-state index contributed by atoms with van der Waals surface area (Å²) in [6.07, 6.45) is -3.07. The number of amides is 1. The van der Waals surface area contributed by atoms with Crippen molar-refractivity contribution in [2.45, 2.75) is 25.7 Å². The van der Waals surface area contributed by atoms with Crippen LogP contribution in [0.5, 0.6) is 0 Å². The molecule has 0 spiro atoms. The second-order valence-electron chi connectivity index (χ2n) is 3.91. The van der Waals surface area contributed by atoms with Crippen molar-refractivity contribution in [3.63, 3.8) is 0 Å². The molecule has 6 heteroatoms. The molecule has 1 atom stereocenters. The monoisotopic (exact) mass is 257 g/mol. The largest absolute Gasteiger partial charge is 0.481 e. The number of anilines is 1. The van der Waals surface area contributed by atoms with E-state index in [0.717, 1.165) is 5.56 Å². The topological polar surface area (TPSA) is 66.4 Å². The first-order valence-corrected chi connectivity index (χ1v) is 5.31. The van der Waals surface area contributed by atoms with E-state index in [4.69, 9.17) is 5.11 Å². The van der Waals surface area contributed by atoms with Gasteiger partial charge in [0.25, 0.3) is 5.91 Å². The van der Waals surface area contributed by atoms with E-state index >= 15 is 0 Å². The van der Waals surface area contributed by atoms with Gasteiger partial charge in [0.15, 0.2) is 0 Å². The fraction of sp³-hybridized carbons (Fsp3) is 0.333. The van der Waals surface area contributed by atoms with Gasteiger partial charge in [-0.2, -0.15) is 8.78 Å². The highest BCUT2D eigenvalue weighted by Gasteiger charge is 2.15. The predicted octanol–water partition coefficient (Wildman–Crippen LogP) is 2.47. The molecule has 1 rings (SSSR count). The average molecular weight is 257 g/mol. The molecule has 1 amide bonds. The van der Waals surface area contributed by atoms with E-state index in [-0.39, 0.29) is 18.0 Å². The predicted molar refractivity (Wildman–Crippen MR) is 61.7 cm³/mol. The Kier molecular flexibility index (Phi) is 4.76. The van der Waals surface area contributed by atoms with Gasteiger partial charge in [0.2, 0.25) is 0 Å². The van der Waals surface area contributed by atoms with Crippen LogP contribution in [-0.2, 0) is 9.59 Å². The Morgan fingerprint density at radius 2 is 1.83 bits per heavy atom. The number of nitrogens with one attached hydrogen (secondary N) is 1. The van der Waals surface area contributed by atoms with Crippen LogP contribution in [0.15, 0.2) is 24.3 Å². The Morgan fingerprint density at radius 3 is 2.28 bits per heavy atom. The van der Waals surface area contributed by atoms with Crippen LogP contribution < -0.4 is 5.32 Å². The molecule has 0 aliphatic carbocycles. The second kappa shape index (κ2) is 6.09. The molecule has 0 aliphatic heterocycles. The number of carboxylic acids is 1. The van der Waals surface area contributed by atoms with Gasteiger partial charge < -0.3 is 10.4 Å². The van der Waals surface area contributed by atoms with Crippen LogP contribution in [0.4, 0.5) is 14.5 Å². The van der Waals surface area contributed by atoms with Gasteiger partial charge in [0.05, 0.1) is 6.42 Å². The molecule has 0 aromatic heterocycles. The SMILES string of the molecule is CC(CC(=O)O)c1ccc(NC(=O)C(F)F)cc1. The summed E-state index contributed by atoms with van der Waals surface area (Å²) in [5.74, 6) is -2.44. The number of benzene rings is 1. The first-order chi connectivity index (χ1) is 8.40. The molecule has 1 aromatic carbocycles. The van der Waals surface area contributed by atoms with Crippen molar-refractivity contribution in [2.24, 2.45) is 0 Å². The molecule has 0 radical (unpaired) electrons. The van der Waals surface area contributed by atoms with Crippen LogP contribution >= 0.6 is 0 Å². The van der Waals surface area contributed by atoms with E-state index in [1.807, 2.05) is 5.32 Å². The van der Waals surface area contributed by atoms with E-state index in [1.165, 1.54) is 12.1 Å². The zero-order chi connectivity index (χ0) is 13.7. The number of aliphatic carboxylic acids is 1. The summed E-state index contributed by atoms with van der Waals surface area (Å²) in [4.78, 5) is 21.3. The highest BCUT2D eigenvalue weighted by molar-refractivity contribution is 5.93. The second-order valence-corrected chi connectivity index (χ2v) is 3.91. The van der Waals surface area contributed by atoms with Gasteiger partial charge in [-0.25, -0.2) is 0 Å². The smallest absolute Gasteiger partial charge is 0.315 e. The molecular formula is C12H13F2NO3. The van der Waals surface area contributed by atoms with Gasteiger partial charge >= 0.3 is 12.4 Å². The highest BCUT2D eigenvalue weighted by atomic mass is 19.3. The van der Waals surface area contributed by atoms with Crippen LogP contribution in [0.1, 0.15) is 24.8 Å². The van der Waals surface area contributed by atoms with Crippen LogP contribution in [-0.4, -0.2) is 23.4 Å². The lowest BCUT2D eigenvalue weighted by Gasteiger charge is -2.10. The zero-order valence-corrected chi connectivity index (χ0v) is 9.69. The molecule has 0 aliphatic rings. The molecule has 1 aromatic rings. The summed E-state index contributed by atoms with van der Waals surface area (Å²) in [5, 5.41) is 10.7. The van der Waals surface area contributed by atoms with Gasteiger partial charge in [0.1, 0.15) is 0 Å². The lowest BCUT2D eigenvalue weighted by molar-refractivity contribution is -0.137. The average Bonchev–Trinajstić information content (AvgIpc) is 2.28. The third-order valence-electron chi connectivity index (χ3n) is 2.43. The summed E-state index contributed by atoms with van der Waals surface area (Å²) in [7, 11) is 0. The first-order valence-electron chi connectivity index (χ1n) is 5.31. The molecule has 4 nitrogen and oxygen atoms in total. The lowest BCUT2D eigenvalue weighted by atomic mass is 9.98. The van der Waals surface area contributed by atoms with Gasteiger partial charge in [0, 0.05) is 5.69 Å². The third kappa shape index (κ3) is 4.12. The minimum absolute atomic E-state index is 0.0112. The van der Waals surface area contributed by atoms with Crippen molar-refractivity contribution < 1.29 is 23.5 Å². The number of hydrogen-bond acceptors (Lipinski definition) is 2. The maximum absolute atomic E-state index is 12.0. The molecule has 0 heterocycles. The van der Waals surface area contributed by atoms with Crippen molar-refractivity contribution >= 4 is 17.6 Å². The molecule has 0 saturated carbocycles. The normalized spacial score (nSPS) is 12.2. The summed E-state index contributed by atoms with van der Waals surface area (Å²) < 4.78 is 24.0. The quantitative estimate of drug-likeness (QED) is 0.851. The Bertz CT molecular complexity index is 431. The van der Waals surface area contributed by atoms with Crippen LogP contribution in [0.25, 0.3) is 0 Å². The molecular weight excluding hydrogens is 244 g/mol. The maximum Gasteiger partial charge on any atom is 0.315 e. The van der Waals surface area contributed by atoms with Gasteiger partial charge in [-0.1, -0.05) is 19.1 Å². The van der Waals surface area contributed by atoms with Crippen LogP contribution in [0, 0.1) is 0 Å². The molecule has 18 heavy (non-hydrogen) atoms. The number of carboxylic acid groups (broad SMARTS) is 1. The number of rotatable bonds is 5. The van der Waals surface area contributed by atoms with E-state index in [1.54, 1.807) is 19.1 Å². The third-order valence-corrected chi connectivity index (χ3v) is 2.43. The van der Waals surface area contributed by atoms with E-state index in [2.05, 4.69) is 0 Å². The van der Waals surface area contributed by atoms with Crippen molar-refractivity contribution in [3.05, 3.63) is 29.8 Å². The maximum atomic E-state index is 12.0. The standard InChI is InChI=1S/C12H13F2NO3/c1-7(6-10(16)17)8-2-4-9(5-3-8)15-12(18)11(13)14/h2-5,7,11H,6H2,1H3,(H,15,18)(H,16,17). The van der Waals surface area contributed by atoms with Gasteiger partial charge in [-0.15, -0.1) is 0 Å². The first kappa shape index (κ1) is 14.1. The Hall–Kier alpha value is -1.98. The number of carbonyl (C=O) groups is 2. The summed E-state index contributed by atoms with van der Waals surface area (Å²) >= 11 is 0. The minimum atomic E-state index is -3.06. The zero-order valence-electron chi connectivity index (χ0n) is 9.69. The lowest BCUT2D eigenvalue weighted by Crippen LogP contribution is -2.19. The van der Waals surface area contributed by atoms with Gasteiger partial charge in [-0.3, -0.25) is 9.59 Å². The Balaban J connectivity index is 2.68. The highest BCUT2D eigenvalue weighted by Crippen LogP contribution is 2.21. The molecule has 0 fully saturated rings. The number of hydrogen-bond donors (Lipinski definition) is 2. The van der Waals surface area contributed by atoms with Crippen molar-refractivity contribution in [1.29, 1.82) is 0 Å². The number of halogens is 2. The molecule has 2 N–H and O–H groups in total. The molecule has 98 valence electrons. The molecule has 0 saturated heterocycles. The fourth-order valence-corrected chi connectivity index (χ4v) is 1.47.